The molecule has 0 spiro atoms. The fourth-order valence-corrected chi connectivity index (χ4v) is 2.70. The highest BCUT2D eigenvalue weighted by Crippen LogP contribution is 2.22. The predicted molar refractivity (Wildman–Crippen MR) is 62.0 cm³/mol. The third-order valence-corrected chi connectivity index (χ3v) is 3.92. The van der Waals surface area contributed by atoms with E-state index in [1.165, 1.54) is 0 Å². The zero-order valence-corrected chi connectivity index (χ0v) is 9.96. The molecular formula is C12H22N2O2. The lowest BCUT2D eigenvalue weighted by Crippen LogP contribution is -2.56. The molecule has 0 radical (unpaired) electrons. The molecule has 0 aromatic carbocycles. The van der Waals surface area contributed by atoms with Crippen LogP contribution in [0.3, 0.4) is 0 Å². The van der Waals surface area contributed by atoms with Gasteiger partial charge >= 0.3 is 0 Å². The molecule has 1 heterocycles. The Kier molecular flexibility index (Phi) is 3.50. The summed E-state index contributed by atoms with van der Waals surface area (Å²) >= 11 is 0. The molecule has 0 bridgehead atoms. The van der Waals surface area contributed by atoms with E-state index in [1.807, 2.05) is 6.92 Å². The monoisotopic (exact) mass is 226 g/mol. The van der Waals surface area contributed by atoms with Gasteiger partial charge in [0.05, 0.1) is 17.7 Å². The largest absolute Gasteiger partial charge is 0.391 e. The highest BCUT2D eigenvalue weighted by atomic mass is 16.3. The number of hydrogen-bond acceptors (Lipinski definition) is 3. The van der Waals surface area contributed by atoms with Crippen LogP contribution in [0.2, 0.25) is 0 Å². The standard InChI is InChI=1S/C12H22N2O2/c1-12(7-4-8-13-12)11(16)14-9-5-2-3-6-10(9)15/h9-10,13,15H,2-8H2,1H3,(H,14,16). The molecule has 16 heavy (non-hydrogen) atoms. The van der Waals surface area contributed by atoms with Crippen molar-refractivity contribution in [3.63, 3.8) is 0 Å². The first kappa shape index (κ1) is 11.9. The average molecular weight is 226 g/mol. The Morgan fingerprint density at radius 1 is 1.38 bits per heavy atom. The molecule has 3 unspecified atom stereocenters. The number of carbonyl (C=O) groups excluding carboxylic acids is 1. The molecule has 92 valence electrons. The summed E-state index contributed by atoms with van der Waals surface area (Å²) in [4.78, 5) is 12.1. The third-order valence-electron chi connectivity index (χ3n) is 3.92. The van der Waals surface area contributed by atoms with Gasteiger partial charge in [0.1, 0.15) is 0 Å². The van der Waals surface area contributed by atoms with Crippen LogP contribution in [0.25, 0.3) is 0 Å². The number of nitrogens with one attached hydrogen (secondary N) is 2. The highest BCUT2D eigenvalue weighted by Gasteiger charge is 2.37. The molecule has 4 heteroatoms. The molecule has 4 nitrogen and oxygen atoms in total. The van der Waals surface area contributed by atoms with Gasteiger partial charge in [0.15, 0.2) is 0 Å². The van der Waals surface area contributed by atoms with Crippen LogP contribution in [0.5, 0.6) is 0 Å². The normalized spacial score (nSPS) is 39.6. The van der Waals surface area contributed by atoms with Gasteiger partial charge in [-0.15, -0.1) is 0 Å². The lowest BCUT2D eigenvalue weighted by Gasteiger charge is -2.32. The third kappa shape index (κ3) is 2.38. The van der Waals surface area contributed by atoms with Crippen LogP contribution in [0.4, 0.5) is 0 Å². The molecular weight excluding hydrogens is 204 g/mol. The number of aliphatic hydroxyl groups excluding tert-OH is 1. The van der Waals surface area contributed by atoms with Crippen LogP contribution in [-0.4, -0.2) is 35.2 Å². The van der Waals surface area contributed by atoms with Gasteiger partial charge in [-0.3, -0.25) is 4.79 Å². The minimum Gasteiger partial charge on any atom is -0.391 e. The quantitative estimate of drug-likeness (QED) is 0.644. The number of hydrogen-bond donors (Lipinski definition) is 3. The van der Waals surface area contributed by atoms with Crippen LogP contribution >= 0.6 is 0 Å². The van der Waals surface area contributed by atoms with E-state index in [4.69, 9.17) is 0 Å². The second kappa shape index (κ2) is 4.72. The Labute approximate surface area is 96.8 Å². The lowest BCUT2D eigenvalue weighted by atomic mass is 9.91. The Bertz CT molecular complexity index is 262. The van der Waals surface area contributed by atoms with E-state index >= 15 is 0 Å². The van der Waals surface area contributed by atoms with Gasteiger partial charge in [-0.1, -0.05) is 12.8 Å². The minimum atomic E-state index is -0.419. The molecule has 1 saturated heterocycles. The van der Waals surface area contributed by atoms with Crippen molar-refractivity contribution in [1.82, 2.24) is 10.6 Å². The van der Waals surface area contributed by atoms with E-state index < -0.39 is 5.54 Å². The summed E-state index contributed by atoms with van der Waals surface area (Å²) in [5.41, 5.74) is -0.419. The topological polar surface area (TPSA) is 61.4 Å². The number of aliphatic hydroxyl groups is 1. The van der Waals surface area contributed by atoms with Gasteiger partial charge in [0, 0.05) is 0 Å². The molecule has 1 aliphatic heterocycles. The minimum absolute atomic E-state index is 0.0412. The van der Waals surface area contributed by atoms with Gasteiger partial charge in [-0.2, -0.15) is 0 Å². The smallest absolute Gasteiger partial charge is 0.240 e. The maximum absolute atomic E-state index is 12.1. The first-order chi connectivity index (χ1) is 7.62. The van der Waals surface area contributed by atoms with Crippen LogP contribution in [0.15, 0.2) is 0 Å². The van der Waals surface area contributed by atoms with E-state index in [9.17, 15) is 9.90 Å². The Hall–Kier alpha value is -0.610. The Morgan fingerprint density at radius 3 is 2.75 bits per heavy atom. The summed E-state index contributed by atoms with van der Waals surface area (Å²) in [6.45, 7) is 2.86. The van der Waals surface area contributed by atoms with E-state index in [0.717, 1.165) is 45.1 Å². The highest BCUT2D eigenvalue weighted by molar-refractivity contribution is 5.86. The molecule has 1 saturated carbocycles. The van der Waals surface area contributed by atoms with Crippen molar-refractivity contribution >= 4 is 5.91 Å². The summed E-state index contributed by atoms with van der Waals surface area (Å²) in [5.74, 6) is 0.0518. The zero-order chi connectivity index (χ0) is 11.6. The summed E-state index contributed by atoms with van der Waals surface area (Å²) in [5, 5.41) is 16.1. The summed E-state index contributed by atoms with van der Waals surface area (Å²) in [6.07, 6.45) is 5.48. The fraction of sp³-hybridized carbons (Fsp3) is 0.917. The van der Waals surface area contributed by atoms with Crippen molar-refractivity contribution in [2.24, 2.45) is 0 Å². The Balaban J connectivity index is 1.90. The van der Waals surface area contributed by atoms with Gasteiger partial charge < -0.3 is 15.7 Å². The molecule has 1 aliphatic carbocycles. The molecule has 2 aliphatic rings. The van der Waals surface area contributed by atoms with Crippen LogP contribution < -0.4 is 10.6 Å². The zero-order valence-electron chi connectivity index (χ0n) is 9.96. The maximum atomic E-state index is 12.1. The number of rotatable bonds is 2. The Morgan fingerprint density at radius 2 is 2.12 bits per heavy atom. The second-order valence-electron chi connectivity index (χ2n) is 5.29. The van der Waals surface area contributed by atoms with E-state index in [-0.39, 0.29) is 18.1 Å². The average Bonchev–Trinajstić information content (AvgIpc) is 2.70. The van der Waals surface area contributed by atoms with Crippen LogP contribution in [0.1, 0.15) is 45.4 Å². The van der Waals surface area contributed by atoms with Crippen LogP contribution in [-0.2, 0) is 4.79 Å². The fourth-order valence-electron chi connectivity index (χ4n) is 2.70. The molecule has 2 fully saturated rings. The van der Waals surface area contributed by atoms with Crippen molar-refractivity contribution in [1.29, 1.82) is 0 Å². The maximum Gasteiger partial charge on any atom is 0.240 e. The summed E-state index contributed by atoms with van der Waals surface area (Å²) in [7, 11) is 0. The predicted octanol–water partition coefficient (Wildman–Crippen LogP) is 0.548. The van der Waals surface area contributed by atoms with Crippen molar-refractivity contribution in [3.8, 4) is 0 Å². The molecule has 1 amide bonds. The molecule has 0 aromatic rings. The first-order valence-corrected chi connectivity index (χ1v) is 6.36. The van der Waals surface area contributed by atoms with Gasteiger partial charge in [0.2, 0.25) is 5.91 Å². The number of amides is 1. The van der Waals surface area contributed by atoms with Crippen molar-refractivity contribution in [3.05, 3.63) is 0 Å². The summed E-state index contributed by atoms with van der Waals surface area (Å²) in [6, 6.07) is -0.0412. The van der Waals surface area contributed by atoms with Crippen molar-refractivity contribution < 1.29 is 9.90 Å². The SMILES string of the molecule is CC1(C(=O)NC2CCCCC2O)CCCN1. The van der Waals surface area contributed by atoms with Crippen molar-refractivity contribution in [2.75, 3.05) is 6.54 Å². The molecule has 3 atom stereocenters. The first-order valence-electron chi connectivity index (χ1n) is 6.36. The number of carbonyl (C=O) groups is 1. The van der Waals surface area contributed by atoms with E-state index in [0.29, 0.717) is 0 Å². The lowest BCUT2D eigenvalue weighted by molar-refractivity contribution is -0.128. The van der Waals surface area contributed by atoms with Gasteiger partial charge in [0.25, 0.3) is 0 Å². The van der Waals surface area contributed by atoms with Crippen LogP contribution in [0, 0.1) is 0 Å². The molecule has 2 rings (SSSR count). The van der Waals surface area contributed by atoms with Crippen molar-refractivity contribution in [2.45, 2.75) is 63.1 Å². The summed E-state index contributed by atoms with van der Waals surface area (Å²) < 4.78 is 0. The second-order valence-corrected chi connectivity index (χ2v) is 5.29. The van der Waals surface area contributed by atoms with E-state index in [2.05, 4.69) is 10.6 Å². The van der Waals surface area contributed by atoms with Gasteiger partial charge in [-0.25, -0.2) is 0 Å². The van der Waals surface area contributed by atoms with Gasteiger partial charge in [-0.05, 0) is 39.2 Å². The molecule has 3 N–H and O–H groups in total. The van der Waals surface area contributed by atoms with E-state index in [1.54, 1.807) is 0 Å². The molecule has 0 aromatic heterocycles.